The number of fused-ring (bicyclic) bond motifs is 1. The molecule has 0 aliphatic carbocycles. The van der Waals surface area contributed by atoms with Gasteiger partial charge in [0.1, 0.15) is 0 Å². The molecule has 0 bridgehead atoms. The number of aromatic amines is 1. The van der Waals surface area contributed by atoms with E-state index in [0.29, 0.717) is 10.0 Å². The number of hydrogen-bond acceptors (Lipinski definition) is 1. The molecule has 0 saturated carbocycles. The molecule has 0 aliphatic heterocycles. The highest BCUT2D eigenvalue weighted by molar-refractivity contribution is 6.38. The normalized spacial score (nSPS) is 13.3. The minimum atomic E-state index is 0.272. The van der Waals surface area contributed by atoms with Crippen molar-refractivity contribution in [2.75, 3.05) is 7.05 Å². The molecule has 0 aliphatic rings. The van der Waals surface area contributed by atoms with Gasteiger partial charge >= 0.3 is 0 Å². The first-order valence-corrected chi connectivity index (χ1v) is 5.52. The summed E-state index contributed by atoms with van der Waals surface area (Å²) in [5, 5.41) is 5.59. The molecule has 1 unspecified atom stereocenters. The van der Waals surface area contributed by atoms with Gasteiger partial charge in [-0.05, 0) is 31.7 Å². The lowest BCUT2D eigenvalue weighted by Gasteiger charge is -2.08. The molecule has 80 valence electrons. The summed E-state index contributed by atoms with van der Waals surface area (Å²) in [6.07, 6.45) is 1.97. The number of rotatable bonds is 2. The van der Waals surface area contributed by atoms with Crippen LogP contribution in [0.15, 0.2) is 18.3 Å². The van der Waals surface area contributed by atoms with Crippen molar-refractivity contribution in [1.29, 1.82) is 0 Å². The number of nitrogens with one attached hydrogen (secondary N) is 2. The molecule has 1 aromatic heterocycles. The maximum absolute atomic E-state index is 6.09. The second kappa shape index (κ2) is 4.05. The van der Waals surface area contributed by atoms with E-state index in [2.05, 4.69) is 17.2 Å². The van der Waals surface area contributed by atoms with Crippen LogP contribution in [0.4, 0.5) is 0 Å². The van der Waals surface area contributed by atoms with Crippen molar-refractivity contribution in [3.63, 3.8) is 0 Å². The molecule has 1 aromatic carbocycles. The molecule has 0 fully saturated rings. The van der Waals surface area contributed by atoms with Crippen LogP contribution in [0.1, 0.15) is 18.5 Å². The van der Waals surface area contributed by atoms with Crippen LogP contribution in [0.3, 0.4) is 0 Å². The van der Waals surface area contributed by atoms with Crippen LogP contribution in [0, 0.1) is 0 Å². The number of benzene rings is 1. The van der Waals surface area contributed by atoms with E-state index in [-0.39, 0.29) is 6.04 Å². The Kier molecular flexibility index (Phi) is 2.91. The van der Waals surface area contributed by atoms with Gasteiger partial charge in [0, 0.05) is 22.6 Å². The molecule has 1 heterocycles. The van der Waals surface area contributed by atoms with Crippen LogP contribution >= 0.6 is 23.2 Å². The maximum Gasteiger partial charge on any atom is 0.0661 e. The Morgan fingerprint density at radius 2 is 2.07 bits per heavy atom. The summed E-state index contributed by atoms with van der Waals surface area (Å²) in [6.45, 7) is 2.09. The summed E-state index contributed by atoms with van der Waals surface area (Å²) in [7, 11) is 1.93. The van der Waals surface area contributed by atoms with E-state index >= 15 is 0 Å². The van der Waals surface area contributed by atoms with E-state index in [4.69, 9.17) is 23.2 Å². The summed E-state index contributed by atoms with van der Waals surface area (Å²) >= 11 is 12.1. The van der Waals surface area contributed by atoms with E-state index in [1.165, 1.54) is 5.56 Å². The van der Waals surface area contributed by atoms with E-state index in [9.17, 15) is 0 Å². The lowest BCUT2D eigenvalue weighted by atomic mass is 10.1. The van der Waals surface area contributed by atoms with Crippen LogP contribution in [-0.4, -0.2) is 12.0 Å². The second-order valence-electron chi connectivity index (χ2n) is 3.56. The van der Waals surface area contributed by atoms with Gasteiger partial charge in [0.25, 0.3) is 0 Å². The van der Waals surface area contributed by atoms with Gasteiger partial charge in [-0.25, -0.2) is 0 Å². The molecule has 2 nitrogen and oxygen atoms in total. The Hall–Kier alpha value is -0.700. The topological polar surface area (TPSA) is 27.8 Å². The second-order valence-corrected chi connectivity index (χ2v) is 4.41. The molecule has 0 saturated heterocycles. The van der Waals surface area contributed by atoms with E-state index < -0.39 is 0 Å². The molecule has 0 spiro atoms. The SMILES string of the molecule is CNC(C)c1c[nH]c2c(Cl)cc(Cl)cc12. The lowest BCUT2D eigenvalue weighted by Crippen LogP contribution is -2.11. The fourth-order valence-corrected chi connectivity index (χ4v) is 2.24. The van der Waals surface area contributed by atoms with Crippen molar-refractivity contribution in [2.45, 2.75) is 13.0 Å². The standard InChI is InChI=1S/C11H12Cl2N2/c1-6(14-2)9-5-15-11-8(9)3-7(12)4-10(11)13/h3-6,14-15H,1-2H3. The molecule has 2 rings (SSSR count). The monoisotopic (exact) mass is 242 g/mol. The molecule has 2 aromatic rings. The third-order valence-corrected chi connectivity index (χ3v) is 3.15. The molecule has 1 atom stereocenters. The largest absolute Gasteiger partial charge is 0.360 e. The minimum Gasteiger partial charge on any atom is -0.360 e. The maximum atomic E-state index is 6.09. The molecular weight excluding hydrogens is 231 g/mol. The van der Waals surface area contributed by atoms with Gasteiger partial charge in [0.2, 0.25) is 0 Å². The Balaban J connectivity index is 2.68. The van der Waals surface area contributed by atoms with Gasteiger partial charge in [0.05, 0.1) is 10.5 Å². The zero-order valence-corrected chi connectivity index (χ0v) is 10.1. The predicted molar refractivity (Wildman–Crippen MR) is 65.8 cm³/mol. The highest BCUT2D eigenvalue weighted by atomic mass is 35.5. The van der Waals surface area contributed by atoms with Crippen LogP contribution in [0.5, 0.6) is 0 Å². The molecule has 2 N–H and O–H groups in total. The smallest absolute Gasteiger partial charge is 0.0661 e. The van der Waals surface area contributed by atoms with Crippen molar-refractivity contribution >= 4 is 34.1 Å². The zero-order valence-electron chi connectivity index (χ0n) is 8.57. The highest BCUT2D eigenvalue weighted by Gasteiger charge is 2.12. The van der Waals surface area contributed by atoms with Crippen molar-refractivity contribution < 1.29 is 0 Å². The van der Waals surface area contributed by atoms with Gasteiger partial charge in [-0.2, -0.15) is 0 Å². The Labute approximate surface area is 98.6 Å². The summed E-state index contributed by atoms with van der Waals surface area (Å²) in [5.74, 6) is 0. The van der Waals surface area contributed by atoms with E-state index in [1.54, 1.807) is 6.07 Å². The van der Waals surface area contributed by atoms with Crippen LogP contribution in [0.2, 0.25) is 10.0 Å². The van der Waals surface area contributed by atoms with Gasteiger partial charge in [0.15, 0.2) is 0 Å². The fourth-order valence-electron chi connectivity index (χ4n) is 1.69. The third kappa shape index (κ3) is 1.85. The number of halogens is 2. The van der Waals surface area contributed by atoms with E-state index in [1.807, 2.05) is 19.3 Å². The minimum absolute atomic E-state index is 0.272. The quantitative estimate of drug-likeness (QED) is 0.825. The summed E-state index contributed by atoms with van der Waals surface area (Å²) in [4.78, 5) is 3.17. The first-order chi connectivity index (χ1) is 7.13. The molecule has 15 heavy (non-hydrogen) atoms. The van der Waals surface area contributed by atoms with Crippen LogP contribution in [0.25, 0.3) is 10.9 Å². The van der Waals surface area contributed by atoms with Gasteiger partial charge in [-0.3, -0.25) is 0 Å². The van der Waals surface area contributed by atoms with E-state index in [0.717, 1.165) is 10.9 Å². The Morgan fingerprint density at radius 3 is 2.73 bits per heavy atom. The first kappa shape index (κ1) is 10.8. The molecule has 0 amide bonds. The Morgan fingerprint density at radius 1 is 1.33 bits per heavy atom. The number of aromatic nitrogens is 1. The zero-order chi connectivity index (χ0) is 11.0. The summed E-state index contributed by atoms with van der Waals surface area (Å²) in [5.41, 5.74) is 2.12. The van der Waals surface area contributed by atoms with Crippen molar-refractivity contribution in [2.24, 2.45) is 0 Å². The first-order valence-electron chi connectivity index (χ1n) is 4.76. The summed E-state index contributed by atoms with van der Waals surface area (Å²) in [6, 6.07) is 3.95. The number of H-pyrrole nitrogens is 1. The van der Waals surface area contributed by atoms with Gasteiger partial charge in [-0.15, -0.1) is 0 Å². The Bertz CT molecular complexity index is 491. The molecule has 4 heteroatoms. The highest BCUT2D eigenvalue weighted by Crippen LogP contribution is 2.31. The van der Waals surface area contributed by atoms with Crippen molar-refractivity contribution in [1.82, 2.24) is 10.3 Å². The molecule has 0 radical (unpaired) electrons. The van der Waals surface area contributed by atoms with Crippen molar-refractivity contribution in [3.05, 3.63) is 33.9 Å². The van der Waals surface area contributed by atoms with Crippen molar-refractivity contribution in [3.8, 4) is 0 Å². The van der Waals surface area contributed by atoms with Gasteiger partial charge < -0.3 is 10.3 Å². The average molecular weight is 243 g/mol. The lowest BCUT2D eigenvalue weighted by molar-refractivity contribution is 0.657. The third-order valence-electron chi connectivity index (χ3n) is 2.64. The average Bonchev–Trinajstić information content (AvgIpc) is 2.60. The summed E-state index contributed by atoms with van der Waals surface area (Å²) < 4.78 is 0. The molecular formula is C11H12Cl2N2. The van der Waals surface area contributed by atoms with Crippen LogP contribution < -0.4 is 5.32 Å². The fraction of sp³-hybridized carbons (Fsp3) is 0.273. The predicted octanol–water partition coefficient (Wildman–Crippen LogP) is 3.76. The van der Waals surface area contributed by atoms with Crippen LogP contribution in [-0.2, 0) is 0 Å². The van der Waals surface area contributed by atoms with Gasteiger partial charge in [-0.1, -0.05) is 23.2 Å². The number of hydrogen-bond donors (Lipinski definition) is 2.